The molecule has 1 heterocycles. The molecule has 0 atom stereocenters. The van der Waals surface area contributed by atoms with Crippen LogP contribution in [-0.4, -0.2) is 30.7 Å². The van der Waals surface area contributed by atoms with Crippen molar-refractivity contribution in [2.24, 2.45) is 0 Å². The van der Waals surface area contributed by atoms with Gasteiger partial charge in [0.2, 0.25) is 5.91 Å². The van der Waals surface area contributed by atoms with Crippen molar-refractivity contribution < 1.29 is 9.53 Å². The fraction of sp³-hybridized carbons (Fsp3) is 0.455. The number of pyridine rings is 1. The third kappa shape index (κ3) is 5.14. The molecule has 1 aromatic rings. The number of amides is 1. The Balaban J connectivity index is 2.45. The molecule has 0 radical (unpaired) electrons. The van der Waals surface area contributed by atoms with E-state index in [9.17, 15) is 9.59 Å². The van der Waals surface area contributed by atoms with Crippen molar-refractivity contribution in [3.05, 3.63) is 33.2 Å². The van der Waals surface area contributed by atoms with Crippen molar-refractivity contribution in [1.29, 1.82) is 0 Å². The minimum absolute atomic E-state index is 0.0330. The third-order valence-corrected chi connectivity index (χ3v) is 2.58. The number of halogens is 1. The lowest BCUT2D eigenvalue weighted by molar-refractivity contribution is -0.121. The first-order valence-electron chi connectivity index (χ1n) is 5.25. The van der Waals surface area contributed by atoms with E-state index in [-0.39, 0.29) is 18.0 Å². The van der Waals surface area contributed by atoms with Crippen LogP contribution in [0.15, 0.2) is 27.6 Å². The van der Waals surface area contributed by atoms with Gasteiger partial charge in [0, 0.05) is 37.0 Å². The molecule has 1 aromatic heterocycles. The van der Waals surface area contributed by atoms with Crippen LogP contribution in [-0.2, 0) is 16.1 Å². The summed E-state index contributed by atoms with van der Waals surface area (Å²) in [5, 5.41) is 2.72. The number of nitrogens with one attached hydrogen (secondary N) is 1. The van der Waals surface area contributed by atoms with Gasteiger partial charge in [0.05, 0.1) is 0 Å². The van der Waals surface area contributed by atoms with Crippen LogP contribution in [0, 0.1) is 0 Å². The Labute approximate surface area is 108 Å². The molecule has 0 aliphatic rings. The molecule has 0 spiro atoms. The second-order valence-electron chi connectivity index (χ2n) is 3.51. The van der Waals surface area contributed by atoms with Gasteiger partial charge < -0.3 is 14.6 Å². The third-order valence-electron chi connectivity index (χ3n) is 2.11. The maximum atomic E-state index is 11.5. The number of hydrogen-bond acceptors (Lipinski definition) is 3. The largest absolute Gasteiger partial charge is 0.385 e. The van der Waals surface area contributed by atoms with E-state index in [2.05, 4.69) is 21.2 Å². The molecule has 17 heavy (non-hydrogen) atoms. The van der Waals surface area contributed by atoms with Crippen molar-refractivity contribution >= 4 is 21.8 Å². The van der Waals surface area contributed by atoms with E-state index in [1.807, 2.05) is 0 Å². The Morgan fingerprint density at radius 2 is 2.29 bits per heavy atom. The first kappa shape index (κ1) is 13.9. The summed E-state index contributed by atoms with van der Waals surface area (Å²) < 4.78 is 6.99. The van der Waals surface area contributed by atoms with Gasteiger partial charge in [-0.2, -0.15) is 0 Å². The molecule has 0 saturated carbocycles. The molecule has 0 fully saturated rings. The number of ether oxygens (including phenoxy) is 1. The molecule has 0 saturated heterocycles. The van der Waals surface area contributed by atoms with Gasteiger partial charge in [-0.1, -0.05) is 0 Å². The van der Waals surface area contributed by atoms with Gasteiger partial charge in [-0.3, -0.25) is 9.59 Å². The zero-order valence-electron chi connectivity index (χ0n) is 9.61. The van der Waals surface area contributed by atoms with Crippen LogP contribution in [0.25, 0.3) is 0 Å². The van der Waals surface area contributed by atoms with Crippen molar-refractivity contribution in [1.82, 2.24) is 9.88 Å². The van der Waals surface area contributed by atoms with Gasteiger partial charge in [-0.15, -0.1) is 0 Å². The molecular weight excluding hydrogens is 288 g/mol. The number of nitrogens with zero attached hydrogens (tertiary/aromatic N) is 1. The summed E-state index contributed by atoms with van der Waals surface area (Å²) in [4.78, 5) is 22.9. The van der Waals surface area contributed by atoms with E-state index < -0.39 is 0 Å². The maximum absolute atomic E-state index is 11.5. The number of hydrogen-bond donors (Lipinski definition) is 1. The minimum atomic E-state index is -0.194. The summed E-state index contributed by atoms with van der Waals surface area (Å²) >= 11 is 3.25. The van der Waals surface area contributed by atoms with Crippen LogP contribution in [0.5, 0.6) is 0 Å². The first-order chi connectivity index (χ1) is 8.13. The molecule has 1 amide bonds. The normalized spacial score (nSPS) is 10.2. The van der Waals surface area contributed by atoms with Crippen LogP contribution in [0.3, 0.4) is 0 Å². The molecule has 6 heteroatoms. The predicted molar refractivity (Wildman–Crippen MR) is 67.9 cm³/mol. The topological polar surface area (TPSA) is 60.3 Å². The Bertz CT molecular complexity index is 431. The second-order valence-corrected chi connectivity index (χ2v) is 4.43. The Morgan fingerprint density at radius 3 is 3.00 bits per heavy atom. The average Bonchev–Trinajstić information content (AvgIpc) is 2.29. The lowest BCUT2D eigenvalue weighted by Gasteiger charge is -2.07. The molecule has 0 aromatic carbocycles. The van der Waals surface area contributed by atoms with Gasteiger partial charge in [0.15, 0.2) is 0 Å². The van der Waals surface area contributed by atoms with Gasteiger partial charge in [0.1, 0.15) is 6.54 Å². The van der Waals surface area contributed by atoms with Gasteiger partial charge in [-0.05, 0) is 28.4 Å². The lowest BCUT2D eigenvalue weighted by Crippen LogP contribution is -2.32. The highest BCUT2D eigenvalue weighted by molar-refractivity contribution is 9.10. The summed E-state index contributed by atoms with van der Waals surface area (Å²) in [5.74, 6) is -0.179. The Hall–Kier alpha value is -1.14. The predicted octanol–water partition coefficient (Wildman–Crippen LogP) is 0.763. The van der Waals surface area contributed by atoms with Crippen molar-refractivity contribution in [3.63, 3.8) is 0 Å². The minimum Gasteiger partial charge on any atom is -0.385 e. The first-order valence-corrected chi connectivity index (χ1v) is 6.04. The SMILES string of the molecule is COCCCNC(=O)Cn1cc(Br)ccc1=O. The molecule has 0 bridgehead atoms. The summed E-state index contributed by atoms with van der Waals surface area (Å²) in [6.45, 7) is 1.19. The number of aromatic nitrogens is 1. The van der Waals surface area contributed by atoms with Gasteiger partial charge in [-0.25, -0.2) is 0 Å². The van der Waals surface area contributed by atoms with E-state index in [0.717, 1.165) is 10.9 Å². The Morgan fingerprint density at radius 1 is 1.53 bits per heavy atom. The average molecular weight is 303 g/mol. The lowest BCUT2D eigenvalue weighted by atomic mass is 10.4. The molecule has 0 aliphatic carbocycles. The van der Waals surface area contributed by atoms with Crippen LogP contribution < -0.4 is 10.9 Å². The smallest absolute Gasteiger partial charge is 0.251 e. The summed E-state index contributed by atoms with van der Waals surface area (Å²) in [6.07, 6.45) is 2.35. The van der Waals surface area contributed by atoms with Crippen molar-refractivity contribution in [3.8, 4) is 0 Å². The van der Waals surface area contributed by atoms with E-state index >= 15 is 0 Å². The fourth-order valence-corrected chi connectivity index (χ4v) is 1.66. The Kier molecular flexibility index (Phi) is 5.93. The number of carbonyl (C=O) groups excluding carboxylic acids is 1. The summed E-state index contributed by atoms with van der Waals surface area (Å²) in [5.41, 5.74) is -0.194. The zero-order chi connectivity index (χ0) is 12.7. The second kappa shape index (κ2) is 7.24. The molecule has 94 valence electrons. The van der Waals surface area contributed by atoms with E-state index in [1.165, 1.54) is 10.6 Å². The molecule has 1 N–H and O–H groups in total. The van der Waals surface area contributed by atoms with Crippen LogP contribution >= 0.6 is 15.9 Å². The summed E-state index contributed by atoms with van der Waals surface area (Å²) in [7, 11) is 1.61. The summed E-state index contributed by atoms with van der Waals surface area (Å²) in [6, 6.07) is 3.07. The van der Waals surface area contributed by atoms with Crippen LogP contribution in [0.2, 0.25) is 0 Å². The standard InChI is InChI=1S/C11H15BrN2O3/c1-17-6-2-5-13-10(15)8-14-7-9(12)3-4-11(14)16/h3-4,7H,2,5-6,8H2,1H3,(H,13,15). The van der Waals surface area contributed by atoms with Crippen LogP contribution in [0.1, 0.15) is 6.42 Å². The van der Waals surface area contributed by atoms with E-state index in [4.69, 9.17) is 4.74 Å². The number of carbonyl (C=O) groups is 1. The highest BCUT2D eigenvalue weighted by Crippen LogP contribution is 2.04. The fourth-order valence-electron chi connectivity index (χ4n) is 1.28. The molecule has 5 nitrogen and oxygen atoms in total. The van der Waals surface area contributed by atoms with E-state index in [0.29, 0.717) is 13.2 Å². The van der Waals surface area contributed by atoms with Gasteiger partial charge in [0.25, 0.3) is 5.56 Å². The number of rotatable bonds is 6. The molecule has 1 rings (SSSR count). The molecular formula is C11H15BrN2O3. The zero-order valence-corrected chi connectivity index (χ0v) is 11.2. The van der Waals surface area contributed by atoms with Crippen molar-refractivity contribution in [2.75, 3.05) is 20.3 Å². The highest BCUT2D eigenvalue weighted by Gasteiger charge is 2.03. The van der Waals surface area contributed by atoms with Crippen LogP contribution in [0.4, 0.5) is 0 Å². The van der Waals surface area contributed by atoms with Gasteiger partial charge >= 0.3 is 0 Å². The quantitative estimate of drug-likeness (QED) is 0.790. The highest BCUT2D eigenvalue weighted by atomic mass is 79.9. The maximum Gasteiger partial charge on any atom is 0.251 e. The van der Waals surface area contributed by atoms with Crippen molar-refractivity contribution in [2.45, 2.75) is 13.0 Å². The van der Waals surface area contributed by atoms with E-state index in [1.54, 1.807) is 19.4 Å². The number of methoxy groups -OCH3 is 1. The molecule has 0 unspecified atom stereocenters. The molecule has 0 aliphatic heterocycles. The monoisotopic (exact) mass is 302 g/mol.